The average Bonchev–Trinajstić information content (AvgIpc) is 3.44. The summed E-state index contributed by atoms with van der Waals surface area (Å²) >= 11 is 0. The van der Waals surface area contributed by atoms with Crippen molar-refractivity contribution in [3.05, 3.63) is 108 Å². The van der Waals surface area contributed by atoms with E-state index in [2.05, 4.69) is 22.5 Å². The van der Waals surface area contributed by atoms with Gasteiger partial charge in [-0.2, -0.15) is 5.10 Å². The highest BCUT2D eigenvalue weighted by atomic mass is 16.3. The highest BCUT2D eigenvalue weighted by Crippen LogP contribution is 2.20. The number of nitrogens with one attached hydrogen (secondary N) is 1. The van der Waals surface area contributed by atoms with Gasteiger partial charge in [-0.15, -0.1) is 0 Å². The molecule has 0 aliphatic heterocycles. The largest absolute Gasteiger partial charge is 0.447 e. The fourth-order valence-corrected chi connectivity index (χ4v) is 3.34. The molecule has 2 aromatic heterocycles. The van der Waals surface area contributed by atoms with E-state index in [1.165, 1.54) is 0 Å². The summed E-state index contributed by atoms with van der Waals surface area (Å²) in [4.78, 5) is 12.6. The van der Waals surface area contributed by atoms with E-state index in [0.29, 0.717) is 12.3 Å². The first-order valence-electron chi connectivity index (χ1n) is 9.74. The van der Waals surface area contributed by atoms with Crippen molar-refractivity contribution in [2.45, 2.75) is 25.3 Å². The van der Waals surface area contributed by atoms with Crippen LogP contribution in [0.5, 0.6) is 0 Å². The van der Waals surface area contributed by atoms with Gasteiger partial charge in [0.05, 0.1) is 24.4 Å². The molecule has 4 rings (SSSR count). The van der Waals surface area contributed by atoms with E-state index in [-0.39, 0.29) is 11.9 Å². The second-order valence-corrected chi connectivity index (χ2v) is 6.93. The summed E-state index contributed by atoms with van der Waals surface area (Å²) in [6, 6.07) is 25.5. The molecule has 1 amide bonds. The van der Waals surface area contributed by atoms with Gasteiger partial charge < -0.3 is 9.73 Å². The summed E-state index contributed by atoms with van der Waals surface area (Å²) in [7, 11) is 0. The van der Waals surface area contributed by atoms with Crippen molar-refractivity contribution in [3.63, 3.8) is 0 Å². The SMILES string of the molecule is O=C(Cc1ccccc1)NC(CCc1ccn(-c2ccco2)n1)c1ccccc1. The Morgan fingerprint density at radius 2 is 1.72 bits per heavy atom. The number of furan rings is 1. The number of carbonyl (C=O) groups excluding carboxylic acids is 1. The normalized spacial score (nSPS) is 11.9. The molecule has 0 aliphatic rings. The third-order valence-corrected chi connectivity index (χ3v) is 4.81. The van der Waals surface area contributed by atoms with Crippen molar-refractivity contribution in [2.24, 2.45) is 0 Å². The Morgan fingerprint density at radius 1 is 0.966 bits per heavy atom. The standard InChI is InChI=1S/C24H23N3O2/c28-23(18-19-8-3-1-4-9-19)25-22(20-10-5-2-6-11-20)14-13-21-15-16-27(26-21)24-12-7-17-29-24/h1-12,15-17,22H,13-14,18H2,(H,25,28). The molecule has 2 heterocycles. The zero-order valence-corrected chi connectivity index (χ0v) is 16.1. The van der Waals surface area contributed by atoms with E-state index >= 15 is 0 Å². The number of nitrogens with zero attached hydrogens (tertiary/aromatic N) is 2. The average molecular weight is 385 g/mol. The van der Waals surface area contributed by atoms with Crippen LogP contribution in [-0.4, -0.2) is 15.7 Å². The van der Waals surface area contributed by atoms with E-state index in [4.69, 9.17) is 4.42 Å². The number of aryl methyl sites for hydroxylation is 1. The summed E-state index contributed by atoms with van der Waals surface area (Å²) in [5.41, 5.74) is 3.06. The zero-order chi connectivity index (χ0) is 19.9. The molecule has 146 valence electrons. The zero-order valence-electron chi connectivity index (χ0n) is 16.1. The molecule has 0 radical (unpaired) electrons. The van der Waals surface area contributed by atoms with Gasteiger partial charge in [0, 0.05) is 12.3 Å². The molecule has 29 heavy (non-hydrogen) atoms. The second-order valence-electron chi connectivity index (χ2n) is 6.93. The number of rotatable bonds is 8. The molecule has 1 N–H and O–H groups in total. The van der Waals surface area contributed by atoms with Crippen LogP contribution < -0.4 is 5.32 Å². The van der Waals surface area contributed by atoms with Crippen LogP contribution in [0.4, 0.5) is 0 Å². The van der Waals surface area contributed by atoms with Gasteiger partial charge in [-0.05, 0) is 36.1 Å². The molecule has 0 spiro atoms. The van der Waals surface area contributed by atoms with Crippen LogP contribution in [0.1, 0.15) is 29.3 Å². The van der Waals surface area contributed by atoms with Crippen molar-refractivity contribution < 1.29 is 9.21 Å². The molecule has 0 saturated heterocycles. The van der Waals surface area contributed by atoms with Crippen molar-refractivity contribution in [1.29, 1.82) is 0 Å². The molecule has 5 nitrogen and oxygen atoms in total. The van der Waals surface area contributed by atoms with Crippen LogP contribution in [0.25, 0.3) is 5.88 Å². The minimum Gasteiger partial charge on any atom is -0.447 e. The molecule has 0 saturated carbocycles. The lowest BCUT2D eigenvalue weighted by Gasteiger charge is -2.19. The molecule has 1 unspecified atom stereocenters. The van der Waals surface area contributed by atoms with Gasteiger partial charge in [0.25, 0.3) is 0 Å². The van der Waals surface area contributed by atoms with Gasteiger partial charge >= 0.3 is 0 Å². The summed E-state index contributed by atoms with van der Waals surface area (Å²) in [6.07, 6.45) is 5.40. The van der Waals surface area contributed by atoms with Gasteiger partial charge in [-0.1, -0.05) is 60.7 Å². The first-order valence-corrected chi connectivity index (χ1v) is 9.74. The highest BCUT2D eigenvalue weighted by Gasteiger charge is 2.16. The molecular weight excluding hydrogens is 362 g/mol. The minimum absolute atomic E-state index is 0.0196. The number of carbonyl (C=O) groups is 1. The van der Waals surface area contributed by atoms with Crippen molar-refractivity contribution in [2.75, 3.05) is 0 Å². The number of hydrogen-bond acceptors (Lipinski definition) is 3. The van der Waals surface area contributed by atoms with Gasteiger partial charge in [0.2, 0.25) is 11.8 Å². The third kappa shape index (κ3) is 5.02. The molecule has 0 bridgehead atoms. The molecule has 2 aromatic carbocycles. The predicted molar refractivity (Wildman–Crippen MR) is 112 cm³/mol. The monoisotopic (exact) mass is 385 g/mol. The summed E-state index contributed by atoms with van der Waals surface area (Å²) in [5.74, 6) is 0.707. The van der Waals surface area contributed by atoms with Crippen LogP contribution in [-0.2, 0) is 17.6 Å². The maximum Gasteiger partial charge on any atom is 0.224 e. The van der Waals surface area contributed by atoms with E-state index in [0.717, 1.165) is 29.7 Å². The van der Waals surface area contributed by atoms with Gasteiger partial charge in [0.15, 0.2) is 0 Å². The number of benzene rings is 2. The Balaban J connectivity index is 1.43. The van der Waals surface area contributed by atoms with Crippen LogP contribution in [0, 0.1) is 0 Å². The molecule has 4 aromatic rings. The lowest BCUT2D eigenvalue weighted by atomic mass is 10.0. The van der Waals surface area contributed by atoms with Crippen LogP contribution in [0.2, 0.25) is 0 Å². The topological polar surface area (TPSA) is 60.1 Å². The lowest BCUT2D eigenvalue weighted by Crippen LogP contribution is -2.30. The van der Waals surface area contributed by atoms with Crippen LogP contribution >= 0.6 is 0 Å². The molecule has 1 atom stereocenters. The maximum atomic E-state index is 12.6. The predicted octanol–water partition coefficient (Wildman–Crippen LogP) is 4.50. The number of hydrogen-bond donors (Lipinski definition) is 1. The maximum absolute atomic E-state index is 12.6. The minimum atomic E-state index is -0.0684. The van der Waals surface area contributed by atoms with E-state index < -0.39 is 0 Å². The molecule has 5 heteroatoms. The Kier molecular flexibility index (Phi) is 5.86. The lowest BCUT2D eigenvalue weighted by molar-refractivity contribution is -0.121. The Morgan fingerprint density at radius 3 is 2.45 bits per heavy atom. The smallest absolute Gasteiger partial charge is 0.224 e. The van der Waals surface area contributed by atoms with Crippen molar-refractivity contribution in [1.82, 2.24) is 15.1 Å². The third-order valence-electron chi connectivity index (χ3n) is 4.81. The molecular formula is C24H23N3O2. The van der Waals surface area contributed by atoms with E-state index in [1.807, 2.05) is 72.9 Å². The van der Waals surface area contributed by atoms with Gasteiger partial charge in [-0.25, -0.2) is 4.68 Å². The summed E-state index contributed by atoms with van der Waals surface area (Å²) in [6.45, 7) is 0. The first-order chi connectivity index (χ1) is 14.3. The molecule has 0 aliphatic carbocycles. The Hall–Kier alpha value is -3.60. The quantitative estimate of drug-likeness (QED) is 0.486. The van der Waals surface area contributed by atoms with Gasteiger partial charge in [0.1, 0.15) is 0 Å². The summed E-state index contributed by atoms with van der Waals surface area (Å²) in [5, 5.41) is 7.77. The Bertz CT molecular complexity index is 1020. The van der Waals surface area contributed by atoms with Crippen LogP contribution in [0.15, 0.2) is 95.7 Å². The Labute approximate surface area is 170 Å². The van der Waals surface area contributed by atoms with E-state index in [1.54, 1.807) is 10.9 Å². The van der Waals surface area contributed by atoms with E-state index in [9.17, 15) is 4.79 Å². The van der Waals surface area contributed by atoms with Crippen molar-refractivity contribution >= 4 is 5.91 Å². The number of amides is 1. The van der Waals surface area contributed by atoms with Gasteiger partial charge in [-0.3, -0.25) is 4.79 Å². The van der Waals surface area contributed by atoms with Crippen LogP contribution in [0.3, 0.4) is 0 Å². The van der Waals surface area contributed by atoms with Crippen molar-refractivity contribution in [3.8, 4) is 5.88 Å². The fourth-order valence-electron chi connectivity index (χ4n) is 3.34. The first kappa shape index (κ1) is 18.7. The molecule has 0 fully saturated rings. The number of aromatic nitrogens is 2. The summed E-state index contributed by atoms with van der Waals surface area (Å²) < 4.78 is 7.10. The highest BCUT2D eigenvalue weighted by molar-refractivity contribution is 5.79. The second kappa shape index (κ2) is 9.06. The fraction of sp³-hybridized carbons (Fsp3) is 0.167.